The van der Waals surface area contributed by atoms with Crippen LogP contribution in [-0.4, -0.2) is 25.2 Å². The molecule has 0 saturated carbocycles. The molecule has 1 atom stereocenters. The Labute approximate surface area is 156 Å². The summed E-state index contributed by atoms with van der Waals surface area (Å²) in [6.45, 7) is 10.8. The van der Waals surface area contributed by atoms with Crippen LogP contribution in [0.2, 0.25) is 0 Å². The van der Waals surface area contributed by atoms with Crippen LogP contribution in [0.15, 0.2) is 48.5 Å². The summed E-state index contributed by atoms with van der Waals surface area (Å²) in [5.41, 5.74) is 2.52. The monoisotopic (exact) mass is 355 g/mol. The normalized spacial score (nSPS) is 12.3. The van der Waals surface area contributed by atoms with E-state index in [0.29, 0.717) is 12.4 Å². The molecule has 0 radical (unpaired) electrons. The Kier molecular flexibility index (Phi) is 6.67. The quantitative estimate of drug-likeness (QED) is 0.807. The van der Waals surface area contributed by atoms with Crippen LogP contribution in [0.3, 0.4) is 0 Å². The van der Waals surface area contributed by atoms with Gasteiger partial charge in [-0.25, -0.2) is 0 Å². The summed E-state index contributed by atoms with van der Waals surface area (Å²) in [7, 11) is 0. The number of amides is 1. The van der Waals surface area contributed by atoms with E-state index in [9.17, 15) is 4.79 Å². The first-order valence-electron chi connectivity index (χ1n) is 8.96. The van der Waals surface area contributed by atoms with Crippen molar-refractivity contribution < 1.29 is 14.3 Å². The first-order valence-corrected chi connectivity index (χ1v) is 8.96. The molecule has 0 aromatic heterocycles. The van der Waals surface area contributed by atoms with Gasteiger partial charge in [0.1, 0.15) is 18.1 Å². The van der Waals surface area contributed by atoms with E-state index in [1.165, 1.54) is 11.1 Å². The highest BCUT2D eigenvalue weighted by Gasteiger charge is 2.13. The molecule has 0 bridgehead atoms. The second-order valence-electron chi connectivity index (χ2n) is 7.66. The van der Waals surface area contributed by atoms with E-state index in [1.54, 1.807) is 0 Å². The standard InChI is InChI=1S/C22H29NO3/c1-16-6-10-19(11-7-16)25-14-17(2)23-21(24)15-26-20-12-8-18(9-13-20)22(3,4)5/h6-13,17H,14-15H2,1-5H3,(H,23,24). The van der Waals surface area contributed by atoms with Crippen molar-refractivity contribution in [3.63, 3.8) is 0 Å². The molecule has 140 valence electrons. The molecule has 1 unspecified atom stereocenters. The third-order valence-electron chi connectivity index (χ3n) is 4.02. The van der Waals surface area contributed by atoms with Crippen LogP contribution in [0.25, 0.3) is 0 Å². The number of ether oxygens (including phenoxy) is 2. The molecule has 26 heavy (non-hydrogen) atoms. The lowest BCUT2D eigenvalue weighted by molar-refractivity contribution is -0.123. The van der Waals surface area contributed by atoms with Gasteiger partial charge in [0, 0.05) is 0 Å². The van der Waals surface area contributed by atoms with Gasteiger partial charge in [-0.3, -0.25) is 4.79 Å². The van der Waals surface area contributed by atoms with E-state index in [2.05, 4.69) is 26.1 Å². The zero-order chi connectivity index (χ0) is 19.2. The van der Waals surface area contributed by atoms with E-state index in [4.69, 9.17) is 9.47 Å². The maximum Gasteiger partial charge on any atom is 0.258 e. The van der Waals surface area contributed by atoms with Crippen LogP contribution in [0.4, 0.5) is 0 Å². The van der Waals surface area contributed by atoms with Crippen molar-refractivity contribution in [1.82, 2.24) is 5.32 Å². The zero-order valence-corrected chi connectivity index (χ0v) is 16.3. The third-order valence-corrected chi connectivity index (χ3v) is 4.02. The van der Waals surface area contributed by atoms with Crippen LogP contribution < -0.4 is 14.8 Å². The molecular formula is C22H29NO3. The van der Waals surface area contributed by atoms with Gasteiger partial charge in [0.15, 0.2) is 6.61 Å². The van der Waals surface area contributed by atoms with Gasteiger partial charge >= 0.3 is 0 Å². The van der Waals surface area contributed by atoms with Gasteiger partial charge in [-0.2, -0.15) is 0 Å². The van der Waals surface area contributed by atoms with Gasteiger partial charge in [-0.15, -0.1) is 0 Å². The highest BCUT2D eigenvalue weighted by Crippen LogP contribution is 2.24. The molecule has 0 aliphatic carbocycles. The second kappa shape index (κ2) is 8.75. The third kappa shape index (κ3) is 6.43. The largest absolute Gasteiger partial charge is 0.491 e. The zero-order valence-electron chi connectivity index (χ0n) is 16.3. The number of hydrogen-bond acceptors (Lipinski definition) is 3. The Morgan fingerprint density at radius 2 is 1.50 bits per heavy atom. The molecule has 1 N–H and O–H groups in total. The van der Waals surface area contributed by atoms with Crippen molar-refractivity contribution >= 4 is 5.91 Å². The van der Waals surface area contributed by atoms with Crippen molar-refractivity contribution in [2.24, 2.45) is 0 Å². The number of hydrogen-bond donors (Lipinski definition) is 1. The van der Waals surface area contributed by atoms with Crippen LogP contribution in [0.1, 0.15) is 38.8 Å². The Bertz CT molecular complexity index is 700. The number of aryl methyl sites for hydroxylation is 1. The summed E-state index contributed by atoms with van der Waals surface area (Å²) in [6, 6.07) is 15.6. The highest BCUT2D eigenvalue weighted by atomic mass is 16.5. The topological polar surface area (TPSA) is 47.6 Å². The van der Waals surface area contributed by atoms with Crippen LogP contribution in [0.5, 0.6) is 11.5 Å². The maximum atomic E-state index is 12.0. The van der Waals surface area contributed by atoms with E-state index in [0.717, 1.165) is 5.75 Å². The summed E-state index contributed by atoms with van der Waals surface area (Å²) >= 11 is 0. The van der Waals surface area contributed by atoms with Crippen molar-refractivity contribution in [1.29, 1.82) is 0 Å². The number of benzene rings is 2. The van der Waals surface area contributed by atoms with Gasteiger partial charge in [-0.05, 0) is 49.1 Å². The Balaban J connectivity index is 1.73. The molecule has 1 amide bonds. The fourth-order valence-electron chi connectivity index (χ4n) is 2.41. The summed E-state index contributed by atoms with van der Waals surface area (Å²) in [4.78, 5) is 12.0. The van der Waals surface area contributed by atoms with E-state index >= 15 is 0 Å². The van der Waals surface area contributed by atoms with Crippen molar-refractivity contribution in [2.75, 3.05) is 13.2 Å². The highest BCUT2D eigenvalue weighted by molar-refractivity contribution is 5.77. The maximum absolute atomic E-state index is 12.0. The molecule has 0 heterocycles. The van der Waals surface area contributed by atoms with Gasteiger partial charge in [0.05, 0.1) is 6.04 Å². The first kappa shape index (κ1) is 19.8. The lowest BCUT2D eigenvalue weighted by Gasteiger charge is -2.19. The average molecular weight is 355 g/mol. The summed E-state index contributed by atoms with van der Waals surface area (Å²) in [5, 5.41) is 2.88. The molecule has 2 rings (SSSR count). The molecule has 4 nitrogen and oxygen atoms in total. The fraction of sp³-hybridized carbons (Fsp3) is 0.409. The van der Waals surface area contributed by atoms with E-state index in [-0.39, 0.29) is 24.0 Å². The van der Waals surface area contributed by atoms with Crippen LogP contribution in [-0.2, 0) is 10.2 Å². The Hall–Kier alpha value is -2.49. The fourth-order valence-corrected chi connectivity index (χ4v) is 2.41. The summed E-state index contributed by atoms with van der Waals surface area (Å²) in [6.07, 6.45) is 0. The summed E-state index contributed by atoms with van der Waals surface area (Å²) < 4.78 is 11.2. The van der Waals surface area contributed by atoms with Gasteiger partial charge in [-0.1, -0.05) is 50.6 Å². The number of rotatable bonds is 7. The Morgan fingerprint density at radius 3 is 2.08 bits per heavy atom. The molecule has 2 aromatic carbocycles. The number of carbonyl (C=O) groups excluding carboxylic acids is 1. The van der Waals surface area contributed by atoms with E-state index < -0.39 is 0 Å². The lowest BCUT2D eigenvalue weighted by Crippen LogP contribution is -2.39. The lowest BCUT2D eigenvalue weighted by atomic mass is 9.87. The minimum Gasteiger partial charge on any atom is -0.491 e. The van der Waals surface area contributed by atoms with Gasteiger partial charge in [0.25, 0.3) is 5.91 Å². The van der Waals surface area contributed by atoms with Crippen molar-refractivity contribution in [3.05, 3.63) is 59.7 Å². The molecule has 0 aliphatic rings. The Morgan fingerprint density at radius 1 is 0.962 bits per heavy atom. The van der Waals surface area contributed by atoms with Crippen molar-refractivity contribution in [3.8, 4) is 11.5 Å². The second-order valence-corrected chi connectivity index (χ2v) is 7.66. The molecule has 0 spiro atoms. The summed E-state index contributed by atoms with van der Waals surface area (Å²) in [5.74, 6) is 1.33. The smallest absolute Gasteiger partial charge is 0.258 e. The van der Waals surface area contributed by atoms with Gasteiger partial charge in [0.2, 0.25) is 0 Å². The first-order chi connectivity index (χ1) is 12.2. The molecule has 4 heteroatoms. The average Bonchev–Trinajstić information content (AvgIpc) is 2.59. The number of nitrogens with one attached hydrogen (secondary N) is 1. The molecule has 0 saturated heterocycles. The predicted molar refractivity (Wildman–Crippen MR) is 105 cm³/mol. The molecular weight excluding hydrogens is 326 g/mol. The minimum atomic E-state index is -0.162. The van der Waals surface area contributed by atoms with Crippen molar-refractivity contribution in [2.45, 2.75) is 46.1 Å². The van der Waals surface area contributed by atoms with Crippen LogP contribution in [0, 0.1) is 6.92 Å². The molecule has 0 fully saturated rings. The van der Waals surface area contributed by atoms with Gasteiger partial charge < -0.3 is 14.8 Å². The molecule has 0 aliphatic heterocycles. The minimum absolute atomic E-state index is 0.0102. The molecule has 2 aromatic rings. The van der Waals surface area contributed by atoms with E-state index in [1.807, 2.05) is 62.4 Å². The SMILES string of the molecule is Cc1ccc(OCC(C)NC(=O)COc2ccc(C(C)(C)C)cc2)cc1. The predicted octanol–water partition coefficient (Wildman–Crippen LogP) is 4.26. The van der Waals surface area contributed by atoms with Crippen LogP contribution >= 0.6 is 0 Å². The number of carbonyl (C=O) groups is 1.